The van der Waals surface area contributed by atoms with E-state index in [1.54, 1.807) is 0 Å². The number of halogens is 1. The number of rotatable bonds is 5. The molecule has 0 unspecified atom stereocenters. The van der Waals surface area contributed by atoms with Gasteiger partial charge in [0.25, 0.3) is 15.7 Å². The van der Waals surface area contributed by atoms with Crippen LogP contribution in [-0.4, -0.2) is 19.9 Å². The van der Waals surface area contributed by atoms with Crippen molar-refractivity contribution in [3.8, 4) is 0 Å². The molecular weight excluding hydrogens is 276 g/mol. The molecule has 0 fully saturated rings. The second-order valence-corrected chi connectivity index (χ2v) is 6.27. The molecule has 88 valence electrons. The van der Waals surface area contributed by atoms with E-state index in [4.69, 9.17) is 11.6 Å². The van der Waals surface area contributed by atoms with Crippen LogP contribution in [-0.2, 0) is 10.0 Å². The molecular formula is C7H7ClN2O4S2. The molecule has 6 nitrogen and oxygen atoms in total. The Labute approximate surface area is 101 Å². The van der Waals surface area contributed by atoms with Gasteiger partial charge in [-0.1, -0.05) is 17.7 Å². The SMILES string of the molecule is C=CCNS(=O)(=O)c1cc([N+](=O)[O-])c(Cl)s1. The van der Waals surface area contributed by atoms with Crippen LogP contribution in [0.4, 0.5) is 5.69 Å². The van der Waals surface area contributed by atoms with Gasteiger partial charge in [0.1, 0.15) is 4.21 Å². The molecule has 0 aliphatic heterocycles. The van der Waals surface area contributed by atoms with E-state index in [2.05, 4.69) is 11.3 Å². The Bertz CT molecular complexity index is 522. The highest BCUT2D eigenvalue weighted by atomic mass is 35.5. The first kappa shape index (κ1) is 13.1. The summed E-state index contributed by atoms with van der Waals surface area (Å²) in [7, 11) is -3.75. The average Bonchev–Trinajstić information content (AvgIpc) is 2.58. The first-order chi connectivity index (χ1) is 7.38. The maximum absolute atomic E-state index is 11.5. The third-order valence-electron chi connectivity index (χ3n) is 1.53. The Hall–Kier alpha value is -0.960. The van der Waals surface area contributed by atoms with Crippen molar-refractivity contribution in [1.82, 2.24) is 4.72 Å². The first-order valence-corrected chi connectivity index (χ1v) is 6.60. The van der Waals surface area contributed by atoms with Crippen molar-refractivity contribution in [2.45, 2.75) is 4.21 Å². The summed E-state index contributed by atoms with van der Waals surface area (Å²) < 4.78 is 24.9. The van der Waals surface area contributed by atoms with Crippen LogP contribution in [0.2, 0.25) is 4.34 Å². The van der Waals surface area contributed by atoms with Crippen LogP contribution in [0, 0.1) is 10.1 Å². The summed E-state index contributed by atoms with van der Waals surface area (Å²) in [4.78, 5) is 9.74. The van der Waals surface area contributed by atoms with Gasteiger partial charge in [0.2, 0.25) is 0 Å². The lowest BCUT2D eigenvalue weighted by molar-refractivity contribution is -0.384. The Morgan fingerprint density at radius 1 is 1.69 bits per heavy atom. The quantitative estimate of drug-likeness (QED) is 0.506. The van der Waals surface area contributed by atoms with Crippen LogP contribution in [0.3, 0.4) is 0 Å². The van der Waals surface area contributed by atoms with Crippen LogP contribution >= 0.6 is 22.9 Å². The number of nitro groups is 1. The average molecular weight is 283 g/mol. The van der Waals surface area contributed by atoms with Gasteiger partial charge in [-0.2, -0.15) is 0 Å². The summed E-state index contributed by atoms with van der Waals surface area (Å²) >= 11 is 6.18. The Balaban J connectivity index is 3.10. The molecule has 0 bridgehead atoms. The Morgan fingerprint density at radius 3 is 2.75 bits per heavy atom. The van der Waals surface area contributed by atoms with Crippen molar-refractivity contribution in [3.05, 3.63) is 33.2 Å². The molecule has 1 N–H and O–H groups in total. The number of thiophene rings is 1. The van der Waals surface area contributed by atoms with Gasteiger partial charge in [-0.25, -0.2) is 13.1 Å². The minimum absolute atomic E-state index is 0.0473. The first-order valence-electron chi connectivity index (χ1n) is 3.92. The standard InChI is InChI=1S/C7H7ClN2O4S2/c1-2-3-9-16(13,14)6-4-5(10(11)12)7(8)15-6/h2,4,9H,1,3H2. The predicted molar refractivity (Wildman–Crippen MR) is 61.4 cm³/mol. The number of nitrogens with one attached hydrogen (secondary N) is 1. The van der Waals surface area contributed by atoms with Gasteiger partial charge in [-0.3, -0.25) is 10.1 Å². The molecule has 0 aliphatic carbocycles. The second kappa shape index (κ2) is 4.91. The molecule has 0 saturated heterocycles. The topological polar surface area (TPSA) is 89.3 Å². The highest BCUT2D eigenvalue weighted by Crippen LogP contribution is 2.35. The molecule has 1 aromatic rings. The fourth-order valence-corrected chi connectivity index (χ4v) is 3.54. The fourth-order valence-electron chi connectivity index (χ4n) is 0.835. The normalized spacial score (nSPS) is 11.3. The maximum atomic E-state index is 11.5. The van der Waals surface area contributed by atoms with Crippen molar-refractivity contribution < 1.29 is 13.3 Å². The molecule has 1 heterocycles. The van der Waals surface area contributed by atoms with Crippen molar-refractivity contribution in [1.29, 1.82) is 0 Å². The number of hydrogen-bond donors (Lipinski definition) is 1. The van der Waals surface area contributed by atoms with Gasteiger partial charge >= 0.3 is 0 Å². The zero-order chi connectivity index (χ0) is 12.3. The van der Waals surface area contributed by atoms with Crippen molar-refractivity contribution in [2.24, 2.45) is 0 Å². The molecule has 1 aromatic heterocycles. The third-order valence-corrected chi connectivity index (χ3v) is 4.76. The van der Waals surface area contributed by atoms with E-state index in [1.807, 2.05) is 0 Å². The second-order valence-electron chi connectivity index (χ2n) is 2.62. The number of nitrogens with zero attached hydrogens (tertiary/aromatic N) is 1. The Morgan fingerprint density at radius 2 is 2.31 bits per heavy atom. The molecule has 1 rings (SSSR count). The van der Waals surface area contributed by atoms with E-state index in [1.165, 1.54) is 6.08 Å². The van der Waals surface area contributed by atoms with E-state index >= 15 is 0 Å². The molecule has 0 radical (unpaired) electrons. The minimum Gasteiger partial charge on any atom is -0.258 e. The van der Waals surface area contributed by atoms with Gasteiger partial charge in [0, 0.05) is 12.6 Å². The summed E-state index contributed by atoms with van der Waals surface area (Å²) in [6, 6.07) is 0.929. The van der Waals surface area contributed by atoms with Gasteiger partial charge in [-0.05, 0) is 0 Å². The highest BCUT2D eigenvalue weighted by molar-refractivity contribution is 7.91. The lowest BCUT2D eigenvalue weighted by atomic mass is 10.6. The van der Waals surface area contributed by atoms with Crippen LogP contribution in [0.1, 0.15) is 0 Å². The Kier molecular flexibility index (Phi) is 4.03. The van der Waals surface area contributed by atoms with Gasteiger partial charge in [0.05, 0.1) is 4.92 Å². The number of sulfonamides is 1. The molecule has 0 spiro atoms. The van der Waals surface area contributed by atoms with E-state index in [0.717, 1.165) is 6.07 Å². The molecule has 0 saturated carbocycles. The number of hydrogen-bond acceptors (Lipinski definition) is 5. The van der Waals surface area contributed by atoms with Gasteiger partial charge in [0.15, 0.2) is 4.34 Å². The summed E-state index contributed by atoms with van der Waals surface area (Å²) in [6.45, 7) is 3.40. The zero-order valence-electron chi connectivity index (χ0n) is 7.84. The van der Waals surface area contributed by atoms with Crippen LogP contribution in [0.15, 0.2) is 22.9 Å². The van der Waals surface area contributed by atoms with Crippen LogP contribution < -0.4 is 4.72 Å². The molecule has 0 amide bonds. The smallest absolute Gasteiger partial charge is 0.258 e. The molecule has 0 aliphatic rings. The highest BCUT2D eigenvalue weighted by Gasteiger charge is 2.24. The fraction of sp³-hybridized carbons (Fsp3) is 0.143. The van der Waals surface area contributed by atoms with Gasteiger partial charge in [-0.15, -0.1) is 17.9 Å². The van der Waals surface area contributed by atoms with Crippen molar-refractivity contribution in [2.75, 3.05) is 6.54 Å². The van der Waals surface area contributed by atoms with Crippen molar-refractivity contribution in [3.63, 3.8) is 0 Å². The maximum Gasteiger partial charge on any atom is 0.300 e. The molecule has 0 aromatic carbocycles. The van der Waals surface area contributed by atoms with E-state index in [9.17, 15) is 18.5 Å². The largest absolute Gasteiger partial charge is 0.300 e. The van der Waals surface area contributed by atoms with E-state index in [0.29, 0.717) is 11.3 Å². The van der Waals surface area contributed by atoms with E-state index in [-0.39, 0.29) is 15.1 Å². The summed E-state index contributed by atoms with van der Waals surface area (Å²) in [5.41, 5.74) is -0.411. The monoisotopic (exact) mass is 282 g/mol. The molecule has 9 heteroatoms. The summed E-state index contributed by atoms with van der Waals surface area (Å²) in [5.74, 6) is 0. The lowest BCUT2D eigenvalue weighted by Gasteiger charge is -1.99. The predicted octanol–water partition coefficient (Wildman–Crippen LogP) is 1.77. The minimum atomic E-state index is -3.75. The zero-order valence-corrected chi connectivity index (χ0v) is 10.2. The van der Waals surface area contributed by atoms with Crippen LogP contribution in [0.5, 0.6) is 0 Å². The summed E-state index contributed by atoms with van der Waals surface area (Å²) in [5, 5.41) is 10.5. The van der Waals surface area contributed by atoms with E-state index < -0.39 is 20.6 Å². The third kappa shape index (κ3) is 2.79. The van der Waals surface area contributed by atoms with Crippen molar-refractivity contribution >= 4 is 38.6 Å². The molecule has 16 heavy (non-hydrogen) atoms. The van der Waals surface area contributed by atoms with Crippen LogP contribution in [0.25, 0.3) is 0 Å². The summed E-state index contributed by atoms with van der Waals surface area (Å²) in [6.07, 6.45) is 1.36. The lowest BCUT2D eigenvalue weighted by Crippen LogP contribution is -2.22. The van der Waals surface area contributed by atoms with Gasteiger partial charge < -0.3 is 0 Å². The molecule has 0 atom stereocenters.